The summed E-state index contributed by atoms with van der Waals surface area (Å²) in [5.74, 6) is -0.253. The van der Waals surface area contributed by atoms with Crippen molar-refractivity contribution >= 4 is 11.4 Å². The lowest BCUT2D eigenvalue weighted by Gasteiger charge is -2.44. The highest BCUT2D eigenvalue weighted by atomic mass is 19.1. The van der Waals surface area contributed by atoms with E-state index in [0.29, 0.717) is 13.0 Å². The summed E-state index contributed by atoms with van der Waals surface area (Å²) in [5.41, 5.74) is 0.985. The molecule has 0 radical (unpaired) electrons. The van der Waals surface area contributed by atoms with Crippen LogP contribution in [0.1, 0.15) is 18.9 Å². The molecule has 0 aromatic heterocycles. The van der Waals surface area contributed by atoms with E-state index in [0.717, 1.165) is 11.1 Å². The molecule has 3 atom stereocenters. The third-order valence-corrected chi connectivity index (χ3v) is 4.10. The maximum absolute atomic E-state index is 13.0. The Balaban J connectivity index is 1.77. The average Bonchev–Trinajstić information content (AvgIpc) is 2.47. The van der Waals surface area contributed by atoms with Gasteiger partial charge in [-0.3, -0.25) is 4.79 Å². The minimum absolute atomic E-state index is 0.0362. The number of carbonyl (C=O) groups is 1. The van der Waals surface area contributed by atoms with Crippen LogP contribution in [0.3, 0.4) is 0 Å². The molecule has 1 aliphatic carbocycles. The second-order valence-electron chi connectivity index (χ2n) is 5.64. The standard InChI is InChI=1S/C17H17FO3/c1-11(12-3-5-13(18)6-4-12)15-10-20-17(2)8-7-14(19)9-16(17)21-15/h3-8,15-16H,1,9-10H2,2H3/t15-,16-,17+/m1/s1. The van der Waals surface area contributed by atoms with Crippen molar-refractivity contribution in [1.82, 2.24) is 0 Å². The number of hydrogen-bond donors (Lipinski definition) is 0. The smallest absolute Gasteiger partial charge is 0.158 e. The maximum atomic E-state index is 13.0. The highest BCUT2D eigenvalue weighted by Gasteiger charge is 2.44. The van der Waals surface area contributed by atoms with E-state index in [-0.39, 0.29) is 23.8 Å². The van der Waals surface area contributed by atoms with Gasteiger partial charge in [-0.15, -0.1) is 0 Å². The minimum Gasteiger partial charge on any atom is -0.365 e. The van der Waals surface area contributed by atoms with E-state index in [9.17, 15) is 9.18 Å². The monoisotopic (exact) mass is 288 g/mol. The van der Waals surface area contributed by atoms with Gasteiger partial charge >= 0.3 is 0 Å². The third-order valence-electron chi connectivity index (χ3n) is 4.10. The molecule has 4 heteroatoms. The molecular formula is C17H17FO3. The van der Waals surface area contributed by atoms with Crippen molar-refractivity contribution in [3.8, 4) is 0 Å². The molecule has 3 nitrogen and oxygen atoms in total. The molecule has 1 aromatic rings. The van der Waals surface area contributed by atoms with Gasteiger partial charge < -0.3 is 9.47 Å². The number of halogens is 1. The molecular weight excluding hydrogens is 271 g/mol. The van der Waals surface area contributed by atoms with Crippen molar-refractivity contribution in [3.05, 3.63) is 54.4 Å². The zero-order valence-corrected chi connectivity index (χ0v) is 11.8. The van der Waals surface area contributed by atoms with Crippen molar-refractivity contribution < 1.29 is 18.7 Å². The van der Waals surface area contributed by atoms with Crippen LogP contribution < -0.4 is 0 Å². The van der Waals surface area contributed by atoms with Gasteiger partial charge in [-0.05, 0) is 42.3 Å². The fourth-order valence-electron chi connectivity index (χ4n) is 2.67. The summed E-state index contributed by atoms with van der Waals surface area (Å²) < 4.78 is 24.9. The first kappa shape index (κ1) is 14.2. The Labute approximate surface area is 123 Å². The van der Waals surface area contributed by atoms with E-state index in [2.05, 4.69) is 6.58 Å². The Morgan fingerprint density at radius 3 is 2.81 bits per heavy atom. The normalized spacial score (nSPS) is 31.8. The first-order valence-corrected chi connectivity index (χ1v) is 6.94. The molecule has 0 unspecified atom stereocenters. The van der Waals surface area contributed by atoms with Crippen LogP contribution in [0.15, 0.2) is 43.0 Å². The molecule has 1 heterocycles. The van der Waals surface area contributed by atoms with E-state index in [1.54, 1.807) is 24.3 Å². The molecule has 110 valence electrons. The molecule has 0 spiro atoms. The zero-order chi connectivity index (χ0) is 15.0. The fourth-order valence-corrected chi connectivity index (χ4v) is 2.67. The van der Waals surface area contributed by atoms with Gasteiger partial charge in [-0.2, -0.15) is 0 Å². The van der Waals surface area contributed by atoms with E-state index < -0.39 is 5.60 Å². The first-order valence-electron chi connectivity index (χ1n) is 6.94. The van der Waals surface area contributed by atoms with Crippen molar-refractivity contribution in [2.45, 2.75) is 31.2 Å². The van der Waals surface area contributed by atoms with Crippen molar-refractivity contribution in [1.29, 1.82) is 0 Å². The van der Waals surface area contributed by atoms with Crippen LogP contribution in [0.25, 0.3) is 5.57 Å². The molecule has 1 saturated heterocycles. The minimum atomic E-state index is -0.562. The van der Waals surface area contributed by atoms with Gasteiger partial charge in [0.1, 0.15) is 17.5 Å². The lowest BCUT2D eigenvalue weighted by Crippen LogP contribution is -2.53. The van der Waals surface area contributed by atoms with Crippen LogP contribution in [0, 0.1) is 5.82 Å². The number of ketones is 1. The van der Waals surface area contributed by atoms with Crippen molar-refractivity contribution in [3.63, 3.8) is 0 Å². The van der Waals surface area contributed by atoms with Crippen molar-refractivity contribution in [2.75, 3.05) is 6.61 Å². The molecule has 0 saturated carbocycles. The van der Waals surface area contributed by atoms with Crippen LogP contribution in [0.5, 0.6) is 0 Å². The molecule has 1 fully saturated rings. The quantitative estimate of drug-likeness (QED) is 0.839. The molecule has 21 heavy (non-hydrogen) atoms. The maximum Gasteiger partial charge on any atom is 0.158 e. The van der Waals surface area contributed by atoms with Crippen LogP contribution in [-0.2, 0) is 14.3 Å². The van der Waals surface area contributed by atoms with Gasteiger partial charge in [0.25, 0.3) is 0 Å². The molecule has 0 bridgehead atoms. The fraction of sp³-hybridized carbons (Fsp3) is 0.353. The predicted molar refractivity (Wildman–Crippen MR) is 77.2 cm³/mol. The predicted octanol–water partition coefficient (Wildman–Crippen LogP) is 2.91. The summed E-state index contributed by atoms with van der Waals surface area (Å²) in [4.78, 5) is 11.6. The Morgan fingerprint density at radius 2 is 2.10 bits per heavy atom. The summed E-state index contributed by atoms with van der Waals surface area (Å²) in [6.45, 7) is 6.30. The van der Waals surface area contributed by atoms with Gasteiger partial charge in [0.15, 0.2) is 5.78 Å². The summed E-state index contributed by atoms with van der Waals surface area (Å²) in [6.07, 6.45) is 2.98. The van der Waals surface area contributed by atoms with Crippen molar-refractivity contribution in [2.24, 2.45) is 0 Å². The highest BCUT2D eigenvalue weighted by Crippen LogP contribution is 2.35. The molecule has 1 aliphatic heterocycles. The topological polar surface area (TPSA) is 35.5 Å². The highest BCUT2D eigenvalue weighted by molar-refractivity contribution is 5.91. The molecule has 2 aliphatic rings. The SMILES string of the molecule is C=C(c1ccc(F)cc1)[C@H]1CO[C@@]2(C)C=CC(=O)C[C@H]2O1. The Kier molecular flexibility index (Phi) is 3.51. The van der Waals surface area contributed by atoms with E-state index in [1.165, 1.54) is 12.1 Å². The molecule has 0 N–H and O–H groups in total. The van der Waals surface area contributed by atoms with E-state index in [1.807, 2.05) is 6.92 Å². The number of benzene rings is 1. The summed E-state index contributed by atoms with van der Waals surface area (Å²) in [6, 6.07) is 6.11. The van der Waals surface area contributed by atoms with Gasteiger partial charge in [0.2, 0.25) is 0 Å². The number of rotatable bonds is 2. The Hall–Kier alpha value is -1.78. The second kappa shape index (κ2) is 5.20. The average molecular weight is 288 g/mol. The Morgan fingerprint density at radius 1 is 1.38 bits per heavy atom. The molecule has 3 rings (SSSR count). The number of fused-ring (bicyclic) bond motifs is 1. The van der Waals surface area contributed by atoms with Crippen LogP contribution in [0.4, 0.5) is 4.39 Å². The lowest BCUT2D eigenvalue weighted by atomic mass is 9.87. The zero-order valence-electron chi connectivity index (χ0n) is 11.8. The van der Waals surface area contributed by atoms with Gasteiger partial charge in [0.05, 0.1) is 12.7 Å². The van der Waals surface area contributed by atoms with Crippen LogP contribution >= 0.6 is 0 Å². The van der Waals surface area contributed by atoms with Gasteiger partial charge in [-0.1, -0.05) is 18.7 Å². The van der Waals surface area contributed by atoms with Crippen LogP contribution in [0.2, 0.25) is 0 Å². The van der Waals surface area contributed by atoms with Crippen LogP contribution in [-0.4, -0.2) is 30.2 Å². The lowest BCUT2D eigenvalue weighted by molar-refractivity contribution is -0.196. The van der Waals surface area contributed by atoms with Gasteiger partial charge in [0, 0.05) is 6.42 Å². The first-order chi connectivity index (χ1) is 9.98. The van der Waals surface area contributed by atoms with Gasteiger partial charge in [-0.25, -0.2) is 4.39 Å². The molecule has 1 aromatic carbocycles. The number of hydrogen-bond acceptors (Lipinski definition) is 3. The van der Waals surface area contributed by atoms with E-state index in [4.69, 9.17) is 9.47 Å². The molecule has 0 amide bonds. The number of allylic oxidation sites excluding steroid dienone is 1. The largest absolute Gasteiger partial charge is 0.365 e. The number of carbonyl (C=O) groups excluding carboxylic acids is 1. The second-order valence-corrected chi connectivity index (χ2v) is 5.64. The Bertz CT molecular complexity index is 605. The number of ether oxygens (including phenoxy) is 2. The summed E-state index contributed by atoms with van der Waals surface area (Å²) >= 11 is 0. The summed E-state index contributed by atoms with van der Waals surface area (Å²) in [5, 5.41) is 0. The van der Waals surface area contributed by atoms with E-state index >= 15 is 0 Å². The third kappa shape index (κ3) is 2.69. The summed E-state index contributed by atoms with van der Waals surface area (Å²) in [7, 11) is 0.